The summed E-state index contributed by atoms with van der Waals surface area (Å²) < 4.78 is 12.7. The Labute approximate surface area is 68.0 Å². The van der Waals surface area contributed by atoms with Crippen molar-refractivity contribution in [1.82, 2.24) is 0 Å². The quantitative estimate of drug-likeness (QED) is 0.558. The zero-order valence-corrected chi connectivity index (χ0v) is 7.74. The molecule has 0 rings (SSSR count). The van der Waals surface area contributed by atoms with Crippen LogP contribution in [0.5, 0.6) is 0 Å². The van der Waals surface area contributed by atoms with Gasteiger partial charge in [-0.25, -0.2) is 4.39 Å². The molecule has 0 unspecified atom stereocenters. The summed E-state index contributed by atoms with van der Waals surface area (Å²) in [5, 5.41) is 0. The van der Waals surface area contributed by atoms with Gasteiger partial charge in [-0.15, -0.1) is 0 Å². The molecule has 0 N–H and O–H groups in total. The van der Waals surface area contributed by atoms with Crippen molar-refractivity contribution in [1.29, 1.82) is 0 Å². The number of aliphatic imine (C=N–C) groups is 1. The summed E-state index contributed by atoms with van der Waals surface area (Å²) in [4.78, 5) is 4.18. The lowest BCUT2D eigenvalue weighted by atomic mass is 10.1. The fourth-order valence-corrected chi connectivity index (χ4v) is 0.885. The minimum Gasteiger partial charge on any atom is -0.290 e. The predicted molar refractivity (Wildman–Crippen MR) is 47.7 cm³/mol. The molecule has 11 heavy (non-hydrogen) atoms. The van der Waals surface area contributed by atoms with E-state index in [-0.39, 0.29) is 5.83 Å². The van der Waals surface area contributed by atoms with Crippen molar-refractivity contribution in [3.8, 4) is 0 Å². The maximum atomic E-state index is 12.7. The third-order valence-corrected chi connectivity index (χ3v) is 1.63. The van der Waals surface area contributed by atoms with E-state index < -0.39 is 0 Å². The highest BCUT2D eigenvalue weighted by Gasteiger charge is 2.01. The Hall–Kier alpha value is -0.660. The molecule has 0 heterocycles. The summed E-state index contributed by atoms with van der Waals surface area (Å²) in [6.45, 7) is 7.91. The molecule has 1 nitrogen and oxygen atoms in total. The minimum absolute atomic E-state index is 0.126. The van der Waals surface area contributed by atoms with Crippen molar-refractivity contribution in [2.45, 2.75) is 34.1 Å². The van der Waals surface area contributed by atoms with Crippen molar-refractivity contribution in [2.75, 3.05) is 6.54 Å². The molecule has 2 heteroatoms. The van der Waals surface area contributed by atoms with Gasteiger partial charge in [0, 0.05) is 17.8 Å². The first-order chi connectivity index (χ1) is 5.13. The number of nitrogens with zero attached hydrogens (tertiary/aromatic N) is 1. The Morgan fingerprint density at radius 1 is 1.27 bits per heavy atom. The Kier molecular flexibility index (Phi) is 4.75. The molecule has 0 aliphatic heterocycles. The van der Waals surface area contributed by atoms with E-state index in [1.807, 2.05) is 13.8 Å². The van der Waals surface area contributed by atoms with Gasteiger partial charge in [0.2, 0.25) is 0 Å². The largest absolute Gasteiger partial charge is 0.290 e. The summed E-state index contributed by atoms with van der Waals surface area (Å²) >= 11 is 0. The molecule has 0 aromatic rings. The highest BCUT2D eigenvalue weighted by molar-refractivity contribution is 5.99. The fraction of sp³-hybridized carbons (Fsp3) is 0.667. The predicted octanol–water partition coefficient (Wildman–Crippen LogP) is 3.12. The highest BCUT2D eigenvalue weighted by Crippen LogP contribution is 2.08. The van der Waals surface area contributed by atoms with Gasteiger partial charge in [0.15, 0.2) is 0 Å². The van der Waals surface area contributed by atoms with Crippen molar-refractivity contribution in [3.05, 3.63) is 11.4 Å². The smallest absolute Gasteiger partial charge is 0.102 e. The van der Waals surface area contributed by atoms with E-state index in [9.17, 15) is 4.39 Å². The first-order valence-electron chi connectivity index (χ1n) is 4.00. The molecule has 0 fully saturated rings. The minimum atomic E-state index is -0.126. The standard InChI is InChI=1S/C9H16FN/c1-5-9(11-6-2)7(3)8(4)10/h5-6H2,1-4H3/b8-7+,11-9?. The molecule has 0 saturated heterocycles. The van der Waals surface area contributed by atoms with Crippen LogP contribution in [-0.2, 0) is 0 Å². The first kappa shape index (κ1) is 10.3. The van der Waals surface area contributed by atoms with E-state index in [0.717, 1.165) is 18.7 Å². The molecule has 0 aliphatic carbocycles. The van der Waals surface area contributed by atoms with Crippen LogP contribution in [0, 0.1) is 0 Å². The number of hydrogen-bond acceptors (Lipinski definition) is 1. The summed E-state index contributed by atoms with van der Waals surface area (Å²) in [6, 6.07) is 0. The van der Waals surface area contributed by atoms with Gasteiger partial charge in [0.25, 0.3) is 0 Å². The maximum Gasteiger partial charge on any atom is 0.102 e. The summed E-state index contributed by atoms with van der Waals surface area (Å²) in [6.07, 6.45) is 0.806. The molecule has 0 radical (unpaired) electrons. The van der Waals surface area contributed by atoms with Gasteiger partial charge in [0.1, 0.15) is 5.83 Å². The number of rotatable bonds is 3. The second kappa shape index (κ2) is 5.05. The summed E-state index contributed by atoms with van der Waals surface area (Å²) in [5.74, 6) is -0.126. The van der Waals surface area contributed by atoms with Gasteiger partial charge in [0.05, 0.1) is 0 Å². The van der Waals surface area contributed by atoms with Gasteiger partial charge >= 0.3 is 0 Å². The van der Waals surface area contributed by atoms with Gasteiger partial charge in [-0.1, -0.05) is 6.92 Å². The van der Waals surface area contributed by atoms with Crippen molar-refractivity contribution in [3.63, 3.8) is 0 Å². The SMILES string of the molecule is CCN=C(CC)/C(C)=C(\C)F. The van der Waals surface area contributed by atoms with Gasteiger partial charge in [-0.05, 0) is 27.2 Å². The van der Waals surface area contributed by atoms with Crippen LogP contribution < -0.4 is 0 Å². The Bertz CT molecular complexity index is 176. The van der Waals surface area contributed by atoms with E-state index in [1.54, 1.807) is 6.92 Å². The summed E-state index contributed by atoms with van der Waals surface area (Å²) in [7, 11) is 0. The zero-order chi connectivity index (χ0) is 8.85. The molecule has 0 aromatic carbocycles. The van der Waals surface area contributed by atoms with Crippen LogP contribution in [0.25, 0.3) is 0 Å². The Balaban J connectivity index is 4.52. The molecule has 0 bridgehead atoms. The molecular formula is C9H16FN. The van der Waals surface area contributed by atoms with E-state index in [1.165, 1.54) is 6.92 Å². The number of halogens is 1. The van der Waals surface area contributed by atoms with Crippen LogP contribution in [-0.4, -0.2) is 12.3 Å². The molecule has 64 valence electrons. The van der Waals surface area contributed by atoms with E-state index >= 15 is 0 Å². The van der Waals surface area contributed by atoms with Gasteiger partial charge in [-0.3, -0.25) is 4.99 Å². The van der Waals surface area contributed by atoms with Crippen LogP contribution in [0.2, 0.25) is 0 Å². The molecular weight excluding hydrogens is 141 g/mol. The molecule has 0 saturated carbocycles. The van der Waals surface area contributed by atoms with E-state index in [4.69, 9.17) is 0 Å². The lowest BCUT2D eigenvalue weighted by Crippen LogP contribution is -2.00. The van der Waals surface area contributed by atoms with Crippen molar-refractivity contribution in [2.24, 2.45) is 4.99 Å². The third-order valence-electron chi connectivity index (χ3n) is 1.63. The van der Waals surface area contributed by atoms with Crippen LogP contribution in [0.3, 0.4) is 0 Å². The van der Waals surface area contributed by atoms with Crippen LogP contribution >= 0.6 is 0 Å². The van der Waals surface area contributed by atoms with E-state index in [0.29, 0.717) is 5.57 Å². The molecule has 0 aliphatic rings. The summed E-state index contributed by atoms with van der Waals surface area (Å²) in [5.41, 5.74) is 1.57. The van der Waals surface area contributed by atoms with Crippen molar-refractivity contribution >= 4 is 5.71 Å². The Morgan fingerprint density at radius 2 is 1.82 bits per heavy atom. The molecule has 0 atom stereocenters. The normalized spacial score (nSPS) is 14.8. The fourth-order valence-electron chi connectivity index (χ4n) is 0.885. The number of hydrogen-bond donors (Lipinski definition) is 0. The third kappa shape index (κ3) is 3.30. The van der Waals surface area contributed by atoms with Gasteiger partial charge < -0.3 is 0 Å². The first-order valence-corrected chi connectivity index (χ1v) is 4.00. The number of allylic oxidation sites excluding steroid dienone is 2. The van der Waals surface area contributed by atoms with Crippen LogP contribution in [0.4, 0.5) is 4.39 Å². The van der Waals surface area contributed by atoms with Gasteiger partial charge in [-0.2, -0.15) is 0 Å². The second-order valence-electron chi connectivity index (χ2n) is 2.43. The maximum absolute atomic E-state index is 12.7. The molecule has 0 amide bonds. The van der Waals surface area contributed by atoms with E-state index in [2.05, 4.69) is 4.99 Å². The topological polar surface area (TPSA) is 12.4 Å². The zero-order valence-electron chi connectivity index (χ0n) is 7.74. The van der Waals surface area contributed by atoms with Crippen LogP contribution in [0.1, 0.15) is 34.1 Å². The molecule has 0 spiro atoms. The highest BCUT2D eigenvalue weighted by atomic mass is 19.1. The monoisotopic (exact) mass is 157 g/mol. The average Bonchev–Trinajstić information content (AvgIpc) is 1.98. The van der Waals surface area contributed by atoms with Crippen molar-refractivity contribution < 1.29 is 4.39 Å². The lowest BCUT2D eigenvalue weighted by Gasteiger charge is -2.02. The lowest BCUT2D eigenvalue weighted by molar-refractivity contribution is 0.633. The van der Waals surface area contributed by atoms with Crippen LogP contribution in [0.15, 0.2) is 16.4 Å². The second-order valence-corrected chi connectivity index (χ2v) is 2.43. The average molecular weight is 157 g/mol. The molecule has 0 aromatic heterocycles. The Morgan fingerprint density at radius 3 is 2.09 bits per heavy atom.